The van der Waals surface area contributed by atoms with Crippen LogP contribution in [0.1, 0.15) is 24.2 Å². The number of alkyl carbamates (subject to hydrolysis) is 1. The first-order chi connectivity index (χ1) is 12.5. The van der Waals surface area contributed by atoms with Gasteiger partial charge in [-0.05, 0) is 11.6 Å². The highest BCUT2D eigenvalue weighted by Gasteiger charge is 2.22. The number of carbonyl (C=O) groups excluding carboxylic acids is 2. The summed E-state index contributed by atoms with van der Waals surface area (Å²) < 4.78 is 5.04. The lowest BCUT2D eigenvalue weighted by atomic mass is 10.0. The summed E-state index contributed by atoms with van der Waals surface area (Å²) in [7, 11) is 0. The summed E-state index contributed by atoms with van der Waals surface area (Å²) in [5, 5.41) is 25.4. The molecule has 0 radical (unpaired) electrons. The summed E-state index contributed by atoms with van der Waals surface area (Å²) in [6, 6.07) is 15.8. The molecule has 0 aliphatic carbocycles. The van der Waals surface area contributed by atoms with E-state index in [1.54, 1.807) is 24.3 Å². The van der Waals surface area contributed by atoms with E-state index in [0.29, 0.717) is 11.3 Å². The molecule has 2 aromatic carbocycles. The van der Waals surface area contributed by atoms with Crippen molar-refractivity contribution in [3.63, 3.8) is 0 Å². The molecule has 0 bridgehead atoms. The molecule has 7 heteroatoms. The molecule has 4 N–H and O–H groups in total. The van der Waals surface area contributed by atoms with Gasteiger partial charge in [-0.25, -0.2) is 4.79 Å². The predicted molar refractivity (Wildman–Crippen MR) is 96.3 cm³/mol. The van der Waals surface area contributed by atoms with Crippen LogP contribution in [0.5, 0.6) is 0 Å². The fourth-order valence-corrected chi connectivity index (χ4v) is 2.34. The first-order valence-corrected chi connectivity index (χ1v) is 8.14. The zero-order valence-corrected chi connectivity index (χ0v) is 14.4. The van der Waals surface area contributed by atoms with Crippen molar-refractivity contribution in [3.05, 3.63) is 65.7 Å². The molecule has 0 aromatic heterocycles. The van der Waals surface area contributed by atoms with Crippen LogP contribution in [-0.4, -0.2) is 34.9 Å². The number of carbonyl (C=O) groups is 2. The summed E-state index contributed by atoms with van der Waals surface area (Å²) in [4.78, 5) is 22.9. The van der Waals surface area contributed by atoms with Gasteiger partial charge < -0.3 is 25.6 Å². The van der Waals surface area contributed by atoms with Gasteiger partial charge in [0.05, 0.1) is 0 Å². The molecular formula is C19H22N2O5. The van der Waals surface area contributed by atoms with Gasteiger partial charge in [0.1, 0.15) is 18.8 Å². The Hall–Kier alpha value is -2.90. The quantitative estimate of drug-likeness (QED) is 0.605. The number of rotatable bonds is 7. The number of aliphatic hydroxyl groups is 2. The Labute approximate surface area is 151 Å². The van der Waals surface area contributed by atoms with Gasteiger partial charge in [0.2, 0.25) is 5.91 Å². The highest BCUT2D eigenvalue weighted by molar-refractivity contribution is 5.89. The molecule has 138 valence electrons. The molecule has 2 amide bonds. The summed E-state index contributed by atoms with van der Waals surface area (Å²) in [6.45, 7) is 1.25. The van der Waals surface area contributed by atoms with Crippen molar-refractivity contribution < 1.29 is 24.5 Å². The number of nitrogens with one attached hydrogen (secondary N) is 2. The normalized spacial score (nSPS) is 12.7. The standard InChI is InChI=1S/C19H22N2O5/c1-13(22)21-16-10-6-5-9-15(16)18(24)17(23)11-20-19(25)26-12-14-7-3-2-4-8-14/h2-10,17-18,23-24H,11-12H2,1H3,(H,20,25)(H,21,22). The van der Waals surface area contributed by atoms with Gasteiger partial charge in [-0.2, -0.15) is 0 Å². The third kappa shape index (κ3) is 5.87. The van der Waals surface area contributed by atoms with Crippen LogP contribution < -0.4 is 10.6 Å². The van der Waals surface area contributed by atoms with Crippen molar-refractivity contribution in [2.24, 2.45) is 0 Å². The Morgan fingerprint density at radius 1 is 1.04 bits per heavy atom. The average Bonchev–Trinajstić information content (AvgIpc) is 2.64. The Morgan fingerprint density at radius 2 is 1.69 bits per heavy atom. The van der Waals surface area contributed by atoms with E-state index in [2.05, 4.69) is 10.6 Å². The van der Waals surface area contributed by atoms with Crippen molar-refractivity contribution in [1.29, 1.82) is 0 Å². The first-order valence-electron chi connectivity index (χ1n) is 8.14. The zero-order chi connectivity index (χ0) is 18.9. The summed E-state index contributed by atoms with van der Waals surface area (Å²) in [6.07, 6.45) is -3.25. The highest BCUT2D eigenvalue weighted by Crippen LogP contribution is 2.25. The molecule has 0 fully saturated rings. The van der Waals surface area contributed by atoms with Crippen LogP contribution in [-0.2, 0) is 16.1 Å². The molecule has 26 heavy (non-hydrogen) atoms. The topological polar surface area (TPSA) is 108 Å². The van der Waals surface area contributed by atoms with Crippen LogP contribution >= 0.6 is 0 Å². The van der Waals surface area contributed by atoms with Gasteiger partial charge >= 0.3 is 6.09 Å². The fourth-order valence-electron chi connectivity index (χ4n) is 2.34. The molecule has 7 nitrogen and oxygen atoms in total. The smallest absolute Gasteiger partial charge is 0.407 e. The second kappa shape index (κ2) is 9.55. The highest BCUT2D eigenvalue weighted by atomic mass is 16.5. The van der Waals surface area contributed by atoms with Crippen LogP contribution in [0.2, 0.25) is 0 Å². The van der Waals surface area contributed by atoms with Gasteiger partial charge in [-0.3, -0.25) is 4.79 Å². The van der Waals surface area contributed by atoms with Crippen molar-refractivity contribution in [2.75, 3.05) is 11.9 Å². The second-order valence-electron chi connectivity index (χ2n) is 5.72. The van der Waals surface area contributed by atoms with E-state index < -0.39 is 18.3 Å². The average molecular weight is 358 g/mol. The van der Waals surface area contributed by atoms with E-state index >= 15 is 0 Å². The van der Waals surface area contributed by atoms with E-state index in [0.717, 1.165) is 5.56 Å². The number of ether oxygens (including phenoxy) is 1. The Bertz CT molecular complexity index is 736. The van der Waals surface area contributed by atoms with Crippen LogP contribution in [0.3, 0.4) is 0 Å². The molecule has 2 unspecified atom stereocenters. The van der Waals surface area contributed by atoms with E-state index in [1.807, 2.05) is 30.3 Å². The lowest BCUT2D eigenvalue weighted by Gasteiger charge is -2.21. The van der Waals surface area contributed by atoms with Crippen molar-refractivity contribution in [3.8, 4) is 0 Å². The zero-order valence-electron chi connectivity index (χ0n) is 14.4. The maximum Gasteiger partial charge on any atom is 0.407 e. The van der Waals surface area contributed by atoms with Crippen molar-refractivity contribution in [1.82, 2.24) is 5.32 Å². The third-order valence-electron chi connectivity index (χ3n) is 3.62. The van der Waals surface area contributed by atoms with E-state index in [1.165, 1.54) is 6.92 Å². The number of hydrogen-bond acceptors (Lipinski definition) is 5. The predicted octanol–water partition coefficient (Wildman–Crippen LogP) is 1.97. The lowest BCUT2D eigenvalue weighted by molar-refractivity contribution is -0.114. The van der Waals surface area contributed by atoms with Crippen LogP contribution in [0.15, 0.2) is 54.6 Å². The van der Waals surface area contributed by atoms with Crippen molar-refractivity contribution in [2.45, 2.75) is 25.7 Å². The monoisotopic (exact) mass is 358 g/mol. The molecule has 0 saturated carbocycles. The van der Waals surface area contributed by atoms with Crippen LogP contribution in [0, 0.1) is 0 Å². The molecule has 2 atom stereocenters. The Balaban J connectivity index is 1.86. The minimum Gasteiger partial charge on any atom is -0.445 e. The van der Waals surface area contributed by atoms with Crippen molar-refractivity contribution >= 4 is 17.7 Å². The minimum absolute atomic E-state index is 0.108. The number of benzene rings is 2. The summed E-state index contributed by atoms with van der Waals surface area (Å²) in [5.74, 6) is -0.290. The number of aliphatic hydroxyl groups excluding tert-OH is 2. The van der Waals surface area contributed by atoms with Gasteiger partial charge in [-0.1, -0.05) is 48.5 Å². The van der Waals surface area contributed by atoms with E-state index in [9.17, 15) is 19.8 Å². The first kappa shape index (κ1) is 19.4. The maximum absolute atomic E-state index is 11.7. The Morgan fingerprint density at radius 3 is 2.38 bits per heavy atom. The number of hydrogen-bond donors (Lipinski definition) is 4. The van der Waals surface area contributed by atoms with E-state index in [4.69, 9.17) is 4.74 Å². The molecule has 0 heterocycles. The van der Waals surface area contributed by atoms with Crippen LogP contribution in [0.25, 0.3) is 0 Å². The number of para-hydroxylation sites is 1. The van der Waals surface area contributed by atoms with Gasteiger partial charge in [0, 0.05) is 24.7 Å². The third-order valence-corrected chi connectivity index (χ3v) is 3.62. The van der Waals surface area contributed by atoms with Crippen LogP contribution in [0.4, 0.5) is 10.5 Å². The molecule has 2 rings (SSSR count). The minimum atomic E-state index is -1.28. The van der Waals surface area contributed by atoms with Gasteiger partial charge in [-0.15, -0.1) is 0 Å². The largest absolute Gasteiger partial charge is 0.445 e. The summed E-state index contributed by atoms with van der Waals surface area (Å²) in [5.41, 5.74) is 1.60. The Kier molecular flexibility index (Phi) is 7.13. The molecule has 2 aromatic rings. The maximum atomic E-state index is 11.7. The summed E-state index contributed by atoms with van der Waals surface area (Å²) >= 11 is 0. The second-order valence-corrected chi connectivity index (χ2v) is 5.72. The lowest BCUT2D eigenvalue weighted by Crippen LogP contribution is -2.36. The molecule has 0 aliphatic rings. The van der Waals surface area contributed by atoms with E-state index in [-0.39, 0.29) is 19.1 Å². The number of amides is 2. The number of anilines is 1. The molecule has 0 spiro atoms. The molecular weight excluding hydrogens is 336 g/mol. The van der Waals surface area contributed by atoms with Gasteiger partial charge in [0.15, 0.2) is 0 Å². The molecule has 0 aliphatic heterocycles. The molecule has 0 saturated heterocycles. The fraction of sp³-hybridized carbons (Fsp3) is 0.263. The SMILES string of the molecule is CC(=O)Nc1ccccc1C(O)C(O)CNC(=O)OCc1ccccc1. The van der Waals surface area contributed by atoms with Gasteiger partial charge in [0.25, 0.3) is 0 Å².